The normalized spacial score (nSPS) is 17.0. The van der Waals surface area contributed by atoms with Crippen molar-refractivity contribution >= 4 is 5.97 Å². The highest BCUT2D eigenvalue weighted by atomic mass is 16.5. The molecule has 0 aliphatic carbocycles. The molecule has 1 aliphatic heterocycles. The number of hydrogen-bond acceptors (Lipinski definition) is 3. The smallest absolute Gasteiger partial charge is 0.323 e. The second-order valence-corrected chi connectivity index (χ2v) is 9.84. The molecule has 3 rings (SSSR count). The molecule has 0 fully saturated rings. The first-order valence-corrected chi connectivity index (χ1v) is 9.51. The minimum Gasteiger partial charge on any atom is -0.507 e. The van der Waals surface area contributed by atoms with Gasteiger partial charge in [-0.1, -0.05) is 76.9 Å². The van der Waals surface area contributed by atoms with Crippen molar-refractivity contribution < 1.29 is 14.6 Å². The summed E-state index contributed by atoms with van der Waals surface area (Å²) in [6, 6.07) is 8.01. The highest BCUT2D eigenvalue weighted by Gasteiger charge is 2.40. The third-order valence-corrected chi connectivity index (χ3v) is 5.22. The minimum atomic E-state index is -0.595. The molecular weight excluding hydrogens is 336 g/mol. The molecule has 3 nitrogen and oxygen atoms in total. The highest BCUT2D eigenvalue weighted by molar-refractivity contribution is 5.91. The van der Waals surface area contributed by atoms with Crippen molar-refractivity contribution in [3.63, 3.8) is 0 Å². The van der Waals surface area contributed by atoms with Crippen LogP contribution in [0.1, 0.15) is 80.8 Å². The summed E-state index contributed by atoms with van der Waals surface area (Å²) in [6.45, 7) is 16.6. The van der Waals surface area contributed by atoms with E-state index in [1.165, 1.54) is 0 Å². The van der Waals surface area contributed by atoms with Crippen molar-refractivity contribution in [2.45, 2.75) is 72.1 Å². The third-order valence-electron chi connectivity index (χ3n) is 5.22. The van der Waals surface area contributed by atoms with Gasteiger partial charge in [-0.25, -0.2) is 0 Å². The molecule has 0 radical (unpaired) electrons. The Bertz CT molecular complexity index is 924. The van der Waals surface area contributed by atoms with Gasteiger partial charge >= 0.3 is 5.97 Å². The van der Waals surface area contributed by atoms with Gasteiger partial charge in [0.15, 0.2) is 0 Å². The number of carbonyl (C=O) groups is 1. The van der Waals surface area contributed by atoms with Crippen LogP contribution < -0.4 is 4.74 Å². The van der Waals surface area contributed by atoms with Crippen LogP contribution in [-0.2, 0) is 15.6 Å². The number of carbonyl (C=O) groups excluding carboxylic acids is 1. The lowest BCUT2D eigenvalue weighted by Crippen LogP contribution is -2.16. The van der Waals surface area contributed by atoms with Crippen molar-refractivity contribution in [1.29, 1.82) is 0 Å². The molecule has 0 bridgehead atoms. The second kappa shape index (κ2) is 6.12. The van der Waals surface area contributed by atoms with Gasteiger partial charge in [0.2, 0.25) is 0 Å². The predicted molar refractivity (Wildman–Crippen MR) is 109 cm³/mol. The fourth-order valence-electron chi connectivity index (χ4n) is 3.87. The maximum atomic E-state index is 12.9. The fraction of sp³-hybridized carbons (Fsp3) is 0.458. The number of hydrogen-bond donors (Lipinski definition) is 1. The Morgan fingerprint density at radius 2 is 1.30 bits per heavy atom. The summed E-state index contributed by atoms with van der Waals surface area (Å²) in [5, 5.41) is 11.0. The van der Waals surface area contributed by atoms with Crippen molar-refractivity contribution in [1.82, 2.24) is 0 Å². The molecule has 0 aromatic heterocycles. The molecular formula is C24H30O3. The number of phenolic OH excluding ortho intramolecular Hbond substituents is 1. The molecule has 0 spiro atoms. The maximum Gasteiger partial charge on any atom is 0.323 e. The molecule has 27 heavy (non-hydrogen) atoms. The molecule has 2 aromatic carbocycles. The lowest BCUT2D eigenvalue weighted by atomic mass is 9.79. The zero-order valence-electron chi connectivity index (χ0n) is 17.7. The lowest BCUT2D eigenvalue weighted by Gasteiger charge is -2.24. The standard InChI is InChI=1S/C24H30O3/c1-13-9-15(20(25)17(11-13)23(3,4)5)19-16-10-14(2)12-18(24(6,7)8)21(16)27-22(19)26/h9-12,19,25H,1-8H3. The zero-order chi connectivity index (χ0) is 20.3. The first-order chi connectivity index (χ1) is 12.3. The molecule has 0 saturated carbocycles. The number of rotatable bonds is 1. The first-order valence-electron chi connectivity index (χ1n) is 9.51. The number of aromatic hydroxyl groups is 1. The predicted octanol–water partition coefficient (Wildman–Crippen LogP) is 5.65. The zero-order valence-corrected chi connectivity index (χ0v) is 17.7. The van der Waals surface area contributed by atoms with E-state index in [1.807, 2.05) is 32.0 Å². The minimum absolute atomic E-state index is 0.142. The van der Waals surface area contributed by atoms with E-state index < -0.39 is 5.92 Å². The molecule has 144 valence electrons. The Hall–Kier alpha value is -2.29. The Morgan fingerprint density at radius 3 is 1.81 bits per heavy atom. The molecule has 1 aliphatic rings. The molecule has 1 unspecified atom stereocenters. The van der Waals surface area contributed by atoms with E-state index in [-0.39, 0.29) is 22.5 Å². The van der Waals surface area contributed by atoms with Gasteiger partial charge < -0.3 is 9.84 Å². The summed E-state index contributed by atoms with van der Waals surface area (Å²) in [5.74, 6) is -0.0631. The van der Waals surface area contributed by atoms with Gasteiger partial charge in [-0.15, -0.1) is 0 Å². The largest absolute Gasteiger partial charge is 0.507 e. The van der Waals surface area contributed by atoms with Crippen LogP contribution in [0.15, 0.2) is 24.3 Å². The topological polar surface area (TPSA) is 46.5 Å². The Morgan fingerprint density at radius 1 is 0.815 bits per heavy atom. The number of ether oxygens (including phenoxy) is 1. The Kier molecular flexibility index (Phi) is 4.41. The summed E-state index contributed by atoms with van der Waals surface area (Å²) in [4.78, 5) is 12.9. The van der Waals surface area contributed by atoms with E-state index in [2.05, 4.69) is 47.6 Å². The van der Waals surface area contributed by atoms with Crippen molar-refractivity contribution in [2.75, 3.05) is 0 Å². The number of esters is 1. The average Bonchev–Trinajstić information content (AvgIpc) is 2.82. The van der Waals surface area contributed by atoms with Crippen molar-refractivity contribution in [2.24, 2.45) is 0 Å². The van der Waals surface area contributed by atoms with E-state index in [1.54, 1.807) is 0 Å². The van der Waals surface area contributed by atoms with Gasteiger partial charge in [0.1, 0.15) is 17.4 Å². The van der Waals surface area contributed by atoms with Crippen LogP contribution in [0, 0.1) is 13.8 Å². The van der Waals surface area contributed by atoms with E-state index in [4.69, 9.17) is 4.74 Å². The SMILES string of the molecule is Cc1cc(C2C(=O)Oc3c2cc(C)cc3C(C)(C)C)c(O)c(C(C)(C)C)c1. The number of aryl methyl sites for hydroxylation is 2. The molecule has 3 heteroatoms. The quantitative estimate of drug-likeness (QED) is 0.523. The highest BCUT2D eigenvalue weighted by Crippen LogP contribution is 2.48. The number of phenols is 1. The van der Waals surface area contributed by atoms with E-state index in [9.17, 15) is 9.90 Å². The van der Waals surface area contributed by atoms with Crippen LogP contribution in [0.3, 0.4) is 0 Å². The van der Waals surface area contributed by atoms with Crippen molar-refractivity contribution in [3.8, 4) is 11.5 Å². The van der Waals surface area contributed by atoms with Gasteiger partial charge in [-0.3, -0.25) is 4.79 Å². The summed E-state index contributed by atoms with van der Waals surface area (Å²) < 4.78 is 5.76. The molecule has 0 amide bonds. The summed E-state index contributed by atoms with van der Waals surface area (Å²) >= 11 is 0. The third kappa shape index (κ3) is 3.36. The first kappa shape index (κ1) is 19.5. The van der Waals surface area contributed by atoms with E-state index in [0.29, 0.717) is 11.3 Å². The van der Waals surface area contributed by atoms with Crippen LogP contribution in [0.2, 0.25) is 0 Å². The monoisotopic (exact) mass is 366 g/mol. The molecule has 0 saturated heterocycles. The second-order valence-electron chi connectivity index (χ2n) is 9.84. The van der Waals surface area contributed by atoms with Crippen LogP contribution in [0.4, 0.5) is 0 Å². The van der Waals surface area contributed by atoms with Gasteiger partial charge in [0, 0.05) is 16.7 Å². The van der Waals surface area contributed by atoms with Crippen LogP contribution in [0.25, 0.3) is 0 Å². The molecule has 1 N–H and O–H groups in total. The van der Waals surface area contributed by atoms with Crippen LogP contribution in [-0.4, -0.2) is 11.1 Å². The van der Waals surface area contributed by atoms with Crippen LogP contribution in [0.5, 0.6) is 11.5 Å². The number of fused-ring (bicyclic) bond motifs is 1. The summed E-state index contributed by atoms with van der Waals surface area (Å²) in [6.07, 6.45) is 0. The lowest BCUT2D eigenvalue weighted by molar-refractivity contribution is -0.133. The van der Waals surface area contributed by atoms with E-state index >= 15 is 0 Å². The van der Waals surface area contributed by atoms with Gasteiger partial charge in [-0.05, 0) is 30.2 Å². The summed E-state index contributed by atoms with van der Waals surface area (Å²) in [5.41, 5.74) is 5.11. The van der Waals surface area contributed by atoms with Crippen molar-refractivity contribution in [3.05, 3.63) is 57.6 Å². The molecule has 2 aromatic rings. The Labute approximate surface area is 162 Å². The van der Waals surface area contributed by atoms with Gasteiger partial charge in [0.05, 0.1) is 0 Å². The van der Waals surface area contributed by atoms with E-state index in [0.717, 1.165) is 27.8 Å². The molecule has 1 heterocycles. The molecule has 1 atom stereocenters. The Balaban J connectivity index is 2.28. The number of benzene rings is 2. The average molecular weight is 367 g/mol. The van der Waals surface area contributed by atoms with Gasteiger partial charge in [-0.2, -0.15) is 0 Å². The van der Waals surface area contributed by atoms with Crippen LogP contribution >= 0.6 is 0 Å². The fourth-order valence-corrected chi connectivity index (χ4v) is 3.87. The summed E-state index contributed by atoms with van der Waals surface area (Å²) in [7, 11) is 0. The maximum absolute atomic E-state index is 12.9. The van der Waals surface area contributed by atoms with Gasteiger partial charge in [0.25, 0.3) is 0 Å².